The third-order valence-corrected chi connectivity index (χ3v) is 4.18. The van der Waals surface area contributed by atoms with E-state index < -0.39 is 0 Å². The summed E-state index contributed by atoms with van der Waals surface area (Å²) >= 11 is 3.50. The smallest absolute Gasteiger partial charge is 0.137 e. The van der Waals surface area contributed by atoms with Crippen molar-refractivity contribution in [2.45, 2.75) is 4.21 Å². The molecule has 0 aliphatic heterocycles. The Bertz CT molecular complexity index is 502. The van der Waals surface area contributed by atoms with Crippen LogP contribution in [0.15, 0.2) is 46.0 Å². The van der Waals surface area contributed by atoms with Crippen molar-refractivity contribution in [1.29, 1.82) is 5.26 Å². The fraction of sp³-hybridized carbons (Fsp3) is 0.154. The first-order valence-electron chi connectivity index (χ1n) is 5.18. The number of hydrogen-bond donors (Lipinski definition) is 0. The quantitative estimate of drug-likeness (QED) is 0.606. The van der Waals surface area contributed by atoms with Gasteiger partial charge in [-0.3, -0.25) is 0 Å². The van der Waals surface area contributed by atoms with Gasteiger partial charge in [0.25, 0.3) is 0 Å². The molecule has 2 aromatic rings. The molecule has 86 valence electrons. The number of nitriles is 1. The molecule has 0 aliphatic carbocycles. The third-order valence-electron chi connectivity index (χ3n) is 2.09. The minimum atomic E-state index is 0.591. The second-order valence-corrected chi connectivity index (χ2v) is 5.58. The van der Waals surface area contributed by atoms with E-state index in [1.807, 2.05) is 24.3 Å². The first-order chi connectivity index (χ1) is 8.40. The van der Waals surface area contributed by atoms with Crippen LogP contribution >= 0.6 is 23.1 Å². The minimum Gasteiger partial charge on any atom is -0.491 e. The van der Waals surface area contributed by atoms with E-state index in [1.54, 1.807) is 29.2 Å². The average Bonchev–Trinajstić information content (AvgIpc) is 2.88. The molecule has 0 fully saturated rings. The molecule has 0 saturated heterocycles. The summed E-state index contributed by atoms with van der Waals surface area (Å²) in [6.45, 7) is 0.612. The summed E-state index contributed by atoms with van der Waals surface area (Å²) in [5.41, 5.74) is 0.591. The Balaban J connectivity index is 1.80. The van der Waals surface area contributed by atoms with Gasteiger partial charge in [-0.15, -0.1) is 23.1 Å². The average molecular weight is 261 g/mol. The van der Waals surface area contributed by atoms with E-state index in [1.165, 1.54) is 4.21 Å². The SMILES string of the molecule is N#Cc1ccccc1OCCSc1cccs1. The van der Waals surface area contributed by atoms with Crippen molar-refractivity contribution in [2.75, 3.05) is 12.4 Å². The zero-order valence-electron chi connectivity index (χ0n) is 9.13. The fourth-order valence-corrected chi connectivity index (χ4v) is 3.00. The molecule has 1 aromatic heterocycles. The molecule has 0 spiro atoms. The van der Waals surface area contributed by atoms with Crippen molar-refractivity contribution in [1.82, 2.24) is 0 Å². The molecule has 1 heterocycles. The lowest BCUT2D eigenvalue weighted by Gasteiger charge is -2.06. The Hall–Kier alpha value is -1.44. The first kappa shape index (κ1) is 12.0. The number of benzene rings is 1. The van der Waals surface area contributed by atoms with Gasteiger partial charge < -0.3 is 4.74 Å². The first-order valence-corrected chi connectivity index (χ1v) is 7.05. The predicted octanol–water partition coefficient (Wildman–Crippen LogP) is 3.79. The lowest BCUT2D eigenvalue weighted by molar-refractivity contribution is 0.343. The van der Waals surface area contributed by atoms with Gasteiger partial charge in [-0.25, -0.2) is 0 Å². The molecule has 1 aromatic carbocycles. The van der Waals surface area contributed by atoms with Crippen molar-refractivity contribution in [3.63, 3.8) is 0 Å². The molecule has 0 atom stereocenters. The summed E-state index contributed by atoms with van der Waals surface area (Å²) in [4.78, 5) is 0. The van der Waals surface area contributed by atoms with Crippen LogP contribution < -0.4 is 4.74 Å². The molecule has 0 saturated carbocycles. The van der Waals surface area contributed by atoms with E-state index in [4.69, 9.17) is 10.00 Å². The summed E-state index contributed by atoms with van der Waals surface area (Å²) in [5.74, 6) is 1.56. The summed E-state index contributed by atoms with van der Waals surface area (Å²) in [6, 6.07) is 13.6. The van der Waals surface area contributed by atoms with Crippen LogP contribution in [0.3, 0.4) is 0 Å². The Morgan fingerprint density at radius 1 is 1.24 bits per heavy atom. The normalized spacial score (nSPS) is 9.82. The van der Waals surface area contributed by atoms with E-state index in [0.29, 0.717) is 17.9 Å². The van der Waals surface area contributed by atoms with Crippen LogP contribution in [0.1, 0.15) is 5.56 Å². The van der Waals surface area contributed by atoms with Gasteiger partial charge in [0.1, 0.15) is 11.8 Å². The van der Waals surface area contributed by atoms with Gasteiger partial charge in [-0.2, -0.15) is 5.26 Å². The standard InChI is InChI=1S/C13H11NOS2/c14-10-11-4-1-2-5-12(11)15-7-9-17-13-6-3-8-16-13/h1-6,8H,7,9H2. The Kier molecular flexibility index (Phi) is 4.48. The molecule has 0 radical (unpaired) electrons. The highest BCUT2D eigenvalue weighted by molar-refractivity contribution is 8.01. The van der Waals surface area contributed by atoms with Crippen molar-refractivity contribution < 1.29 is 4.74 Å². The molecule has 0 unspecified atom stereocenters. The Morgan fingerprint density at radius 2 is 2.12 bits per heavy atom. The van der Waals surface area contributed by atoms with Crippen molar-refractivity contribution in [2.24, 2.45) is 0 Å². The highest BCUT2D eigenvalue weighted by atomic mass is 32.2. The minimum absolute atomic E-state index is 0.591. The molecular weight excluding hydrogens is 250 g/mol. The maximum absolute atomic E-state index is 8.89. The third kappa shape index (κ3) is 3.52. The molecule has 2 nitrogen and oxygen atoms in total. The highest BCUT2D eigenvalue weighted by Gasteiger charge is 2.01. The molecular formula is C13H11NOS2. The fourth-order valence-electron chi connectivity index (χ4n) is 1.32. The van der Waals surface area contributed by atoms with Crippen LogP contribution in [-0.4, -0.2) is 12.4 Å². The van der Waals surface area contributed by atoms with Crippen LogP contribution in [0.4, 0.5) is 0 Å². The largest absolute Gasteiger partial charge is 0.491 e. The zero-order chi connectivity index (χ0) is 11.9. The van der Waals surface area contributed by atoms with E-state index in [0.717, 1.165) is 5.75 Å². The number of thioether (sulfide) groups is 1. The molecule has 0 N–H and O–H groups in total. The van der Waals surface area contributed by atoms with Gasteiger partial charge in [0.2, 0.25) is 0 Å². The predicted molar refractivity (Wildman–Crippen MR) is 71.7 cm³/mol. The van der Waals surface area contributed by atoms with E-state index >= 15 is 0 Å². The van der Waals surface area contributed by atoms with Crippen molar-refractivity contribution in [3.05, 3.63) is 47.3 Å². The second-order valence-electron chi connectivity index (χ2n) is 3.24. The molecule has 0 aliphatic rings. The summed E-state index contributed by atoms with van der Waals surface area (Å²) in [5, 5.41) is 11.0. The monoisotopic (exact) mass is 261 g/mol. The zero-order valence-corrected chi connectivity index (χ0v) is 10.8. The Labute approximate surface area is 109 Å². The van der Waals surface area contributed by atoms with Gasteiger partial charge in [0.05, 0.1) is 16.4 Å². The van der Waals surface area contributed by atoms with E-state index in [9.17, 15) is 0 Å². The van der Waals surface area contributed by atoms with Crippen LogP contribution in [0.25, 0.3) is 0 Å². The molecule has 4 heteroatoms. The Morgan fingerprint density at radius 3 is 2.88 bits per heavy atom. The molecule has 0 amide bonds. The van der Waals surface area contributed by atoms with Crippen molar-refractivity contribution >= 4 is 23.1 Å². The summed E-state index contributed by atoms with van der Waals surface area (Å²) in [7, 11) is 0. The number of ether oxygens (including phenoxy) is 1. The summed E-state index contributed by atoms with van der Waals surface area (Å²) < 4.78 is 6.88. The second kappa shape index (κ2) is 6.33. The van der Waals surface area contributed by atoms with Crippen LogP contribution in [0.5, 0.6) is 5.75 Å². The number of hydrogen-bond acceptors (Lipinski definition) is 4. The lowest BCUT2D eigenvalue weighted by atomic mass is 10.2. The number of para-hydroxylation sites is 1. The molecule has 0 bridgehead atoms. The van der Waals surface area contributed by atoms with Gasteiger partial charge >= 0.3 is 0 Å². The topological polar surface area (TPSA) is 33.0 Å². The maximum atomic E-state index is 8.89. The molecule has 2 rings (SSSR count). The lowest BCUT2D eigenvalue weighted by Crippen LogP contribution is -2.01. The van der Waals surface area contributed by atoms with E-state index in [2.05, 4.69) is 17.5 Å². The maximum Gasteiger partial charge on any atom is 0.137 e. The van der Waals surface area contributed by atoms with Gasteiger partial charge in [0.15, 0.2) is 0 Å². The highest BCUT2D eigenvalue weighted by Crippen LogP contribution is 2.23. The van der Waals surface area contributed by atoms with Gasteiger partial charge in [0, 0.05) is 5.75 Å². The van der Waals surface area contributed by atoms with Crippen molar-refractivity contribution in [3.8, 4) is 11.8 Å². The summed E-state index contributed by atoms with van der Waals surface area (Å²) in [6.07, 6.45) is 0. The van der Waals surface area contributed by atoms with Gasteiger partial charge in [-0.05, 0) is 23.6 Å². The number of thiophene rings is 1. The van der Waals surface area contributed by atoms with Crippen LogP contribution in [0.2, 0.25) is 0 Å². The van der Waals surface area contributed by atoms with Crippen LogP contribution in [-0.2, 0) is 0 Å². The number of nitrogens with zero attached hydrogens (tertiary/aromatic N) is 1. The molecule has 17 heavy (non-hydrogen) atoms. The number of rotatable bonds is 5. The van der Waals surface area contributed by atoms with Gasteiger partial charge in [-0.1, -0.05) is 18.2 Å². The van der Waals surface area contributed by atoms with E-state index in [-0.39, 0.29) is 0 Å². The van der Waals surface area contributed by atoms with Crippen LogP contribution in [0, 0.1) is 11.3 Å².